The highest BCUT2D eigenvalue weighted by atomic mass is 19.1. The Bertz CT molecular complexity index is 460. The van der Waals surface area contributed by atoms with Crippen molar-refractivity contribution in [3.05, 3.63) is 29.6 Å². The summed E-state index contributed by atoms with van der Waals surface area (Å²) in [6.07, 6.45) is 1.55. The molecule has 2 N–H and O–H groups in total. The summed E-state index contributed by atoms with van der Waals surface area (Å²) in [5, 5.41) is 11.2. The molecule has 0 fully saturated rings. The zero-order chi connectivity index (χ0) is 13.7. The lowest BCUT2D eigenvalue weighted by atomic mass is 10.1. The third-order valence-corrected chi connectivity index (χ3v) is 2.64. The SMILES string of the molecule is CCCC(C)C(=O)Nc1cc(C(=O)O)ccc1F. The third kappa shape index (κ3) is 3.55. The van der Waals surface area contributed by atoms with Gasteiger partial charge in [0.05, 0.1) is 11.3 Å². The van der Waals surface area contributed by atoms with Crippen LogP contribution in [0.5, 0.6) is 0 Å². The van der Waals surface area contributed by atoms with E-state index in [1.165, 1.54) is 0 Å². The van der Waals surface area contributed by atoms with Crippen molar-refractivity contribution >= 4 is 17.6 Å². The molecule has 0 saturated carbocycles. The number of carboxylic acids is 1. The molecule has 1 aromatic rings. The van der Waals surface area contributed by atoms with E-state index < -0.39 is 11.8 Å². The smallest absolute Gasteiger partial charge is 0.335 e. The van der Waals surface area contributed by atoms with Gasteiger partial charge in [-0.2, -0.15) is 0 Å². The number of carboxylic acid groups (broad SMARTS) is 1. The Labute approximate surface area is 105 Å². The number of hydrogen-bond donors (Lipinski definition) is 2. The number of benzene rings is 1. The summed E-state index contributed by atoms with van der Waals surface area (Å²) >= 11 is 0. The number of nitrogens with one attached hydrogen (secondary N) is 1. The maximum atomic E-state index is 13.4. The largest absolute Gasteiger partial charge is 0.478 e. The Morgan fingerprint density at radius 2 is 2.11 bits per heavy atom. The highest BCUT2D eigenvalue weighted by Gasteiger charge is 2.15. The fourth-order valence-electron chi connectivity index (χ4n) is 1.57. The molecule has 0 aliphatic carbocycles. The molecule has 0 radical (unpaired) electrons. The molecule has 1 aromatic carbocycles. The summed E-state index contributed by atoms with van der Waals surface area (Å²) in [5.41, 5.74) is -0.155. The van der Waals surface area contributed by atoms with Gasteiger partial charge in [-0.1, -0.05) is 20.3 Å². The molecule has 0 aromatic heterocycles. The number of aromatic carboxylic acids is 1. The zero-order valence-corrected chi connectivity index (χ0v) is 10.4. The van der Waals surface area contributed by atoms with E-state index in [-0.39, 0.29) is 23.1 Å². The van der Waals surface area contributed by atoms with Crippen molar-refractivity contribution < 1.29 is 19.1 Å². The van der Waals surface area contributed by atoms with E-state index in [2.05, 4.69) is 5.32 Å². The first kappa shape index (κ1) is 14.2. The predicted octanol–water partition coefficient (Wildman–Crippen LogP) is 2.90. The van der Waals surface area contributed by atoms with Crippen LogP contribution in [-0.2, 0) is 4.79 Å². The van der Waals surface area contributed by atoms with Crippen molar-refractivity contribution in [3.63, 3.8) is 0 Å². The average molecular weight is 253 g/mol. The van der Waals surface area contributed by atoms with E-state index in [4.69, 9.17) is 5.11 Å². The summed E-state index contributed by atoms with van der Waals surface area (Å²) in [5.74, 6) is -2.34. The second-order valence-electron chi connectivity index (χ2n) is 4.18. The van der Waals surface area contributed by atoms with Gasteiger partial charge in [-0.3, -0.25) is 4.79 Å². The predicted molar refractivity (Wildman–Crippen MR) is 66.1 cm³/mol. The van der Waals surface area contributed by atoms with Gasteiger partial charge >= 0.3 is 5.97 Å². The van der Waals surface area contributed by atoms with Crippen LogP contribution in [-0.4, -0.2) is 17.0 Å². The van der Waals surface area contributed by atoms with Crippen LogP contribution in [0.3, 0.4) is 0 Å². The molecule has 1 atom stereocenters. The van der Waals surface area contributed by atoms with Crippen LogP contribution in [0.15, 0.2) is 18.2 Å². The van der Waals surface area contributed by atoms with Gasteiger partial charge < -0.3 is 10.4 Å². The number of carbonyl (C=O) groups is 2. The normalized spacial score (nSPS) is 11.9. The lowest BCUT2D eigenvalue weighted by molar-refractivity contribution is -0.119. The number of carbonyl (C=O) groups excluding carboxylic acids is 1. The van der Waals surface area contributed by atoms with Crippen LogP contribution in [0.25, 0.3) is 0 Å². The van der Waals surface area contributed by atoms with Crippen molar-refractivity contribution in [1.29, 1.82) is 0 Å². The monoisotopic (exact) mass is 253 g/mol. The Morgan fingerprint density at radius 1 is 1.44 bits per heavy atom. The number of halogens is 1. The summed E-state index contributed by atoms with van der Waals surface area (Å²) < 4.78 is 13.4. The molecule has 1 rings (SSSR count). The summed E-state index contributed by atoms with van der Waals surface area (Å²) in [7, 11) is 0. The molecule has 0 aliphatic heterocycles. The van der Waals surface area contributed by atoms with E-state index in [1.807, 2.05) is 6.92 Å². The van der Waals surface area contributed by atoms with E-state index >= 15 is 0 Å². The van der Waals surface area contributed by atoms with Gasteiger partial charge in [0.15, 0.2) is 0 Å². The first-order chi connectivity index (χ1) is 8.45. The number of hydrogen-bond acceptors (Lipinski definition) is 2. The first-order valence-electron chi connectivity index (χ1n) is 5.79. The molecule has 4 nitrogen and oxygen atoms in total. The van der Waals surface area contributed by atoms with Crippen molar-refractivity contribution in [2.45, 2.75) is 26.7 Å². The average Bonchev–Trinajstić information content (AvgIpc) is 2.31. The van der Waals surface area contributed by atoms with E-state index in [0.29, 0.717) is 6.42 Å². The summed E-state index contributed by atoms with van der Waals surface area (Å²) in [6.45, 7) is 3.70. The summed E-state index contributed by atoms with van der Waals surface area (Å²) in [6, 6.07) is 3.31. The van der Waals surface area contributed by atoms with Gasteiger partial charge in [0.25, 0.3) is 0 Å². The fraction of sp³-hybridized carbons (Fsp3) is 0.385. The van der Waals surface area contributed by atoms with Crippen LogP contribution in [0, 0.1) is 11.7 Å². The first-order valence-corrected chi connectivity index (χ1v) is 5.79. The van der Waals surface area contributed by atoms with Gasteiger partial charge in [-0.25, -0.2) is 9.18 Å². The number of anilines is 1. The molecule has 0 saturated heterocycles. The van der Waals surface area contributed by atoms with Crippen LogP contribution >= 0.6 is 0 Å². The van der Waals surface area contributed by atoms with E-state index in [1.54, 1.807) is 6.92 Å². The van der Waals surface area contributed by atoms with Gasteiger partial charge in [0, 0.05) is 5.92 Å². The molecule has 0 aliphatic rings. The third-order valence-electron chi connectivity index (χ3n) is 2.64. The number of rotatable bonds is 5. The molecule has 5 heteroatoms. The molecular formula is C13H16FNO3. The van der Waals surface area contributed by atoms with Crippen LogP contribution in [0.2, 0.25) is 0 Å². The Balaban J connectivity index is 2.86. The van der Waals surface area contributed by atoms with Gasteiger partial charge in [-0.15, -0.1) is 0 Å². The maximum Gasteiger partial charge on any atom is 0.335 e. The molecule has 0 heterocycles. The summed E-state index contributed by atoms with van der Waals surface area (Å²) in [4.78, 5) is 22.5. The van der Waals surface area contributed by atoms with Crippen molar-refractivity contribution in [1.82, 2.24) is 0 Å². The van der Waals surface area contributed by atoms with Gasteiger partial charge in [0.2, 0.25) is 5.91 Å². The maximum absolute atomic E-state index is 13.4. The van der Waals surface area contributed by atoms with E-state index in [9.17, 15) is 14.0 Å². The zero-order valence-electron chi connectivity index (χ0n) is 10.4. The minimum atomic E-state index is -1.16. The lowest BCUT2D eigenvalue weighted by Gasteiger charge is -2.12. The van der Waals surface area contributed by atoms with Crippen molar-refractivity contribution in [3.8, 4) is 0 Å². The molecule has 1 amide bonds. The highest BCUT2D eigenvalue weighted by molar-refractivity contribution is 5.94. The minimum Gasteiger partial charge on any atom is -0.478 e. The molecule has 0 spiro atoms. The van der Waals surface area contributed by atoms with Crippen LogP contribution in [0.1, 0.15) is 37.0 Å². The second kappa shape index (κ2) is 6.14. The molecule has 1 unspecified atom stereocenters. The lowest BCUT2D eigenvalue weighted by Crippen LogP contribution is -2.21. The topological polar surface area (TPSA) is 66.4 Å². The second-order valence-corrected chi connectivity index (χ2v) is 4.18. The Morgan fingerprint density at radius 3 is 2.67 bits per heavy atom. The molecule has 18 heavy (non-hydrogen) atoms. The van der Waals surface area contributed by atoms with Crippen LogP contribution in [0.4, 0.5) is 10.1 Å². The van der Waals surface area contributed by atoms with Gasteiger partial charge in [-0.05, 0) is 24.6 Å². The fourth-order valence-corrected chi connectivity index (χ4v) is 1.57. The van der Waals surface area contributed by atoms with E-state index in [0.717, 1.165) is 24.6 Å². The molecular weight excluding hydrogens is 237 g/mol. The number of amides is 1. The van der Waals surface area contributed by atoms with Gasteiger partial charge in [0.1, 0.15) is 5.82 Å². The molecule has 0 bridgehead atoms. The molecule has 98 valence electrons. The van der Waals surface area contributed by atoms with Crippen molar-refractivity contribution in [2.24, 2.45) is 5.92 Å². The van der Waals surface area contributed by atoms with Crippen LogP contribution < -0.4 is 5.32 Å². The minimum absolute atomic E-state index is 0.0603. The Hall–Kier alpha value is -1.91. The standard InChI is InChI=1S/C13H16FNO3/c1-3-4-8(2)12(16)15-11-7-9(13(17)18)5-6-10(11)14/h5-8H,3-4H2,1-2H3,(H,15,16)(H,17,18). The highest BCUT2D eigenvalue weighted by Crippen LogP contribution is 2.18. The quantitative estimate of drug-likeness (QED) is 0.847. The van der Waals surface area contributed by atoms with Crippen molar-refractivity contribution in [2.75, 3.05) is 5.32 Å². The Kier molecular flexibility index (Phi) is 4.83.